The first kappa shape index (κ1) is 25.6. The molecule has 1 fully saturated rings. The van der Waals surface area contributed by atoms with E-state index in [9.17, 15) is 9.59 Å². The molecule has 3 rings (SSSR count). The summed E-state index contributed by atoms with van der Waals surface area (Å²) in [6.07, 6.45) is 6.01. The molecule has 1 aliphatic carbocycles. The van der Waals surface area contributed by atoms with E-state index in [0.29, 0.717) is 23.7 Å². The van der Waals surface area contributed by atoms with Crippen molar-refractivity contribution in [1.82, 2.24) is 10.2 Å². The van der Waals surface area contributed by atoms with Crippen molar-refractivity contribution in [3.8, 4) is 5.75 Å². The van der Waals surface area contributed by atoms with Gasteiger partial charge in [-0.05, 0) is 67.6 Å². The maximum Gasteiger partial charge on any atom is 0.261 e. The molecule has 0 aliphatic heterocycles. The van der Waals surface area contributed by atoms with Crippen LogP contribution in [0.25, 0.3) is 0 Å². The quantitative estimate of drug-likeness (QED) is 0.425. The van der Waals surface area contributed by atoms with Gasteiger partial charge in [0.15, 0.2) is 6.61 Å². The molecule has 2 aromatic rings. The lowest BCUT2D eigenvalue weighted by atomic mass is 9.95. The Morgan fingerprint density at radius 3 is 2.48 bits per heavy atom. The van der Waals surface area contributed by atoms with Crippen molar-refractivity contribution in [3.05, 3.63) is 63.1 Å². The van der Waals surface area contributed by atoms with Gasteiger partial charge in [-0.25, -0.2) is 0 Å². The van der Waals surface area contributed by atoms with Crippen molar-refractivity contribution >= 4 is 39.3 Å². The number of carbonyl (C=O) groups excluding carboxylic acids is 2. The topological polar surface area (TPSA) is 58.6 Å². The zero-order chi connectivity index (χ0) is 23.8. The van der Waals surface area contributed by atoms with Crippen molar-refractivity contribution in [2.75, 3.05) is 6.61 Å². The highest BCUT2D eigenvalue weighted by Crippen LogP contribution is 2.23. The van der Waals surface area contributed by atoms with E-state index in [0.717, 1.165) is 41.3 Å². The van der Waals surface area contributed by atoms with Crippen LogP contribution < -0.4 is 10.1 Å². The Morgan fingerprint density at radius 2 is 1.85 bits per heavy atom. The van der Waals surface area contributed by atoms with Gasteiger partial charge < -0.3 is 15.0 Å². The number of hydrogen-bond acceptors (Lipinski definition) is 3. The average molecular weight is 536 g/mol. The molecule has 1 atom stereocenters. The van der Waals surface area contributed by atoms with Crippen LogP contribution in [0.15, 0.2) is 46.9 Å². The van der Waals surface area contributed by atoms with Gasteiger partial charge >= 0.3 is 0 Å². The van der Waals surface area contributed by atoms with Crippen molar-refractivity contribution < 1.29 is 14.3 Å². The van der Waals surface area contributed by atoms with Gasteiger partial charge in [0.1, 0.15) is 11.8 Å². The molecule has 1 N–H and O–H groups in total. The molecular formula is C26H32BrClN2O3. The summed E-state index contributed by atoms with van der Waals surface area (Å²) in [6, 6.07) is 12.6. The van der Waals surface area contributed by atoms with Crippen molar-refractivity contribution in [3.63, 3.8) is 0 Å². The number of carbonyl (C=O) groups is 2. The van der Waals surface area contributed by atoms with Crippen LogP contribution in [0.4, 0.5) is 0 Å². The molecule has 0 saturated heterocycles. The van der Waals surface area contributed by atoms with Crippen LogP contribution in [-0.2, 0) is 16.1 Å². The van der Waals surface area contributed by atoms with Crippen molar-refractivity contribution in [2.24, 2.45) is 0 Å². The minimum atomic E-state index is -0.564. The molecule has 2 amide bonds. The first-order chi connectivity index (χ1) is 15.9. The SMILES string of the molecule is CC[C@H](C(=O)NC1CCCCC1)N(Cc1ccc(Cl)cc1)C(=O)COc1ccc(Br)c(C)c1. The summed E-state index contributed by atoms with van der Waals surface area (Å²) in [5.41, 5.74) is 1.94. The summed E-state index contributed by atoms with van der Waals surface area (Å²) in [4.78, 5) is 28.2. The third-order valence-electron chi connectivity index (χ3n) is 6.10. The lowest BCUT2D eigenvalue weighted by Crippen LogP contribution is -2.52. The van der Waals surface area contributed by atoms with Crippen LogP contribution in [0.5, 0.6) is 5.75 Å². The highest BCUT2D eigenvalue weighted by atomic mass is 79.9. The molecule has 1 aliphatic rings. The number of hydrogen-bond donors (Lipinski definition) is 1. The van der Waals surface area contributed by atoms with E-state index < -0.39 is 6.04 Å². The highest BCUT2D eigenvalue weighted by molar-refractivity contribution is 9.10. The van der Waals surface area contributed by atoms with Crippen LogP contribution in [0.2, 0.25) is 5.02 Å². The molecule has 0 bridgehead atoms. The third kappa shape index (κ3) is 7.47. The van der Waals surface area contributed by atoms with E-state index in [1.54, 1.807) is 17.0 Å². The second-order valence-electron chi connectivity index (χ2n) is 8.62. The van der Waals surface area contributed by atoms with Gasteiger partial charge in [0.2, 0.25) is 5.91 Å². The molecule has 178 valence electrons. The molecular weight excluding hydrogens is 504 g/mol. The maximum atomic E-state index is 13.3. The summed E-state index contributed by atoms with van der Waals surface area (Å²) in [7, 11) is 0. The Hall–Kier alpha value is -2.05. The van der Waals surface area contributed by atoms with Gasteiger partial charge in [-0.2, -0.15) is 0 Å². The monoisotopic (exact) mass is 534 g/mol. The summed E-state index contributed by atoms with van der Waals surface area (Å²) in [5.74, 6) is 0.303. The molecule has 0 aromatic heterocycles. The fourth-order valence-electron chi connectivity index (χ4n) is 4.19. The van der Waals surface area contributed by atoms with Crippen LogP contribution in [0.3, 0.4) is 0 Å². The van der Waals surface area contributed by atoms with Crippen LogP contribution in [0, 0.1) is 6.92 Å². The smallest absolute Gasteiger partial charge is 0.261 e. The average Bonchev–Trinajstić information content (AvgIpc) is 2.81. The molecule has 0 heterocycles. The van der Waals surface area contributed by atoms with Gasteiger partial charge in [-0.1, -0.05) is 65.8 Å². The van der Waals surface area contributed by atoms with E-state index in [4.69, 9.17) is 16.3 Å². The fourth-order valence-corrected chi connectivity index (χ4v) is 4.56. The summed E-state index contributed by atoms with van der Waals surface area (Å²) < 4.78 is 6.78. The van der Waals surface area contributed by atoms with Gasteiger partial charge in [0, 0.05) is 22.1 Å². The summed E-state index contributed by atoms with van der Waals surface area (Å²) >= 11 is 9.51. The molecule has 0 spiro atoms. The van der Waals surface area contributed by atoms with Gasteiger partial charge in [-0.3, -0.25) is 9.59 Å². The van der Waals surface area contributed by atoms with Crippen molar-refractivity contribution in [1.29, 1.82) is 0 Å². The number of amides is 2. The molecule has 7 heteroatoms. The molecule has 1 saturated carbocycles. The van der Waals surface area contributed by atoms with E-state index in [1.165, 1.54) is 6.42 Å². The van der Waals surface area contributed by atoms with Gasteiger partial charge in [0.05, 0.1) is 0 Å². The minimum Gasteiger partial charge on any atom is -0.484 e. The summed E-state index contributed by atoms with van der Waals surface area (Å²) in [5, 5.41) is 3.82. The normalized spacial score (nSPS) is 15.0. The molecule has 0 radical (unpaired) electrons. The summed E-state index contributed by atoms with van der Waals surface area (Å²) in [6.45, 7) is 4.08. The first-order valence-electron chi connectivity index (χ1n) is 11.6. The molecule has 2 aromatic carbocycles. The zero-order valence-electron chi connectivity index (χ0n) is 19.3. The second-order valence-corrected chi connectivity index (χ2v) is 9.91. The van der Waals surface area contributed by atoms with Crippen LogP contribution in [-0.4, -0.2) is 35.4 Å². The number of aryl methyl sites for hydroxylation is 1. The van der Waals surface area contributed by atoms with E-state index >= 15 is 0 Å². The number of rotatable bonds is 9. The Balaban J connectivity index is 1.75. The number of benzene rings is 2. The van der Waals surface area contributed by atoms with Gasteiger partial charge in [-0.15, -0.1) is 0 Å². The Bertz CT molecular complexity index is 945. The number of ether oxygens (including phenoxy) is 1. The first-order valence-corrected chi connectivity index (χ1v) is 12.8. The lowest BCUT2D eigenvalue weighted by Gasteiger charge is -2.32. The third-order valence-corrected chi connectivity index (χ3v) is 7.24. The Morgan fingerprint density at radius 1 is 1.15 bits per heavy atom. The minimum absolute atomic E-state index is 0.0915. The molecule has 0 unspecified atom stereocenters. The second kappa shape index (κ2) is 12.4. The predicted molar refractivity (Wildman–Crippen MR) is 135 cm³/mol. The lowest BCUT2D eigenvalue weighted by molar-refractivity contribution is -0.143. The van der Waals surface area contributed by atoms with Crippen LogP contribution >= 0.6 is 27.5 Å². The Kier molecular flexibility index (Phi) is 9.63. The fraction of sp³-hybridized carbons (Fsp3) is 0.462. The molecule has 33 heavy (non-hydrogen) atoms. The highest BCUT2D eigenvalue weighted by Gasteiger charge is 2.30. The van der Waals surface area contributed by atoms with Crippen LogP contribution in [0.1, 0.15) is 56.6 Å². The number of nitrogens with one attached hydrogen (secondary N) is 1. The zero-order valence-corrected chi connectivity index (χ0v) is 21.6. The van der Waals surface area contributed by atoms with Crippen molar-refractivity contribution in [2.45, 2.75) is 71.0 Å². The van der Waals surface area contributed by atoms with Gasteiger partial charge in [0.25, 0.3) is 5.91 Å². The van der Waals surface area contributed by atoms with E-state index in [1.807, 2.05) is 44.2 Å². The van der Waals surface area contributed by atoms with E-state index in [-0.39, 0.29) is 24.5 Å². The van der Waals surface area contributed by atoms with E-state index in [2.05, 4.69) is 21.2 Å². The molecule has 5 nitrogen and oxygen atoms in total. The predicted octanol–water partition coefficient (Wildman–Crippen LogP) is 6.05. The largest absolute Gasteiger partial charge is 0.484 e. The number of halogens is 2. The number of nitrogens with zero attached hydrogens (tertiary/aromatic N) is 1. The Labute approximate surface area is 210 Å². The standard InChI is InChI=1S/C26H32BrClN2O3/c1-3-24(26(32)29-21-7-5-4-6-8-21)30(16-19-9-11-20(28)12-10-19)25(31)17-33-22-13-14-23(27)18(2)15-22/h9-15,21,24H,3-8,16-17H2,1-2H3,(H,29,32)/t24-/m1/s1. The maximum absolute atomic E-state index is 13.3.